The normalized spacial score (nSPS) is 19.5. The molecule has 11 nitrogen and oxygen atoms in total. The van der Waals surface area contributed by atoms with Gasteiger partial charge in [0.2, 0.25) is 0 Å². The molecule has 3 heterocycles. The minimum atomic E-state index is -4.00. The van der Waals surface area contributed by atoms with Gasteiger partial charge in [-0.05, 0) is 54.9 Å². The molecular formula is C38H38N6O5S. The second-order valence-corrected chi connectivity index (χ2v) is 14.3. The van der Waals surface area contributed by atoms with Crippen molar-refractivity contribution < 1.29 is 22.6 Å². The van der Waals surface area contributed by atoms with Crippen molar-refractivity contribution in [3.8, 4) is 5.75 Å². The Balaban J connectivity index is 1.37. The van der Waals surface area contributed by atoms with Crippen LogP contribution in [-0.2, 0) is 24.9 Å². The van der Waals surface area contributed by atoms with Gasteiger partial charge in [-0.2, -0.15) is 0 Å². The molecule has 0 unspecified atom stereocenters. The van der Waals surface area contributed by atoms with Gasteiger partial charge in [-0.3, -0.25) is 4.57 Å². The third-order valence-electron chi connectivity index (χ3n) is 9.37. The molecule has 0 amide bonds. The molecule has 4 aromatic carbocycles. The highest BCUT2D eigenvalue weighted by atomic mass is 32.2. The summed E-state index contributed by atoms with van der Waals surface area (Å²) < 4.78 is 50.5. The molecule has 0 spiro atoms. The maximum atomic E-state index is 14.7. The first-order valence-corrected chi connectivity index (χ1v) is 17.8. The predicted octanol–water partition coefficient (Wildman–Crippen LogP) is 5.06. The standard InChI is InChI=1S/C38H38N6O5S/c1-25-14-20-30(21-15-25)50(45,46)34-31(49-37(32(34)40-2)44-24-43-33-35(39)41-23-42-36(33)44)22-48-38(26-10-6-4-7-11-26,27-12-8-5-9-13-27)28-16-18-29(47-3)19-17-28/h4-21,23-24,31-32,34,37,40H,22H2,1-3H3,(H2,39,41,42)/t31-,32-,34-,37-/m1/s1. The predicted molar refractivity (Wildman–Crippen MR) is 190 cm³/mol. The molecule has 1 aliphatic rings. The van der Waals surface area contributed by atoms with Gasteiger partial charge in [0.25, 0.3) is 0 Å². The highest BCUT2D eigenvalue weighted by molar-refractivity contribution is 7.92. The molecule has 3 N–H and O–H groups in total. The zero-order valence-corrected chi connectivity index (χ0v) is 28.7. The number of ether oxygens (including phenoxy) is 3. The number of aromatic nitrogens is 4. The summed E-state index contributed by atoms with van der Waals surface area (Å²) in [4.78, 5) is 13.1. The van der Waals surface area contributed by atoms with Crippen molar-refractivity contribution in [1.29, 1.82) is 0 Å². The van der Waals surface area contributed by atoms with Gasteiger partial charge >= 0.3 is 0 Å². The Hall–Kier alpha value is -5.14. The second kappa shape index (κ2) is 13.6. The molecule has 50 heavy (non-hydrogen) atoms. The number of imidazole rings is 1. The van der Waals surface area contributed by atoms with Crippen molar-refractivity contribution in [3.05, 3.63) is 144 Å². The van der Waals surface area contributed by atoms with Crippen LogP contribution in [0.4, 0.5) is 5.82 Å². The monoisotopic (exact) mass is 690 g/mol. The van der Waals surface area contributed by atoms with Gasteiger partial charge in [0.05, 0.1) is 31.0 Å². The van der Waals surface area contributed by atoms with Crippen LogP contribution in [0.3, 0.4) is 0 Å². The molecule has 1 fully saturated rings. The molecule has 0 bridgehead atoms. The summed E-state index contributed by atoms with van der Waals surface area (Å²) >= 11 is 0. The van der Waals surface area contributed by atoms with Gasteiger partial charge in [-0.15, -0.1) is 0 Å². The number of methoxy groups -OCH3 is 1. The van der Waals surface area contributed by atoms with Crippen LogP contribution < -0.4 is 15.8 Å². The number of sulfone groups is 1. The molecule has 2 aromatic heterocycles. The van der Waals surface area contributed by atoms with Gasteiger partial charge < -0.3 is 25.3 Å². The van der Waals surface area contributed by atoms with Crippen LogP contribution in [-0.4, -0.2) is 66.1 Å². The number of rotatable bonds is 11. The van der Waals surface area contributed by atoms with Gasteiger partial charge in [-0.25, -0.2) is 23.4 Å². The van der Waals surface area contributed by atoms with Gasteiger partial charge in [0.15, 0.2) is 27.5 Å². The molecule has 0 radical (unpaired) electrons. The summed E-state index contributed by atoms with van der Waals surface area (Å²) in [6.45, 7) is 1.83. The highest BCUT2D eigenvalue weighted by Gasteiger charge is 2.53. The maximum Gasteiger partial charge on any atom is 0.185 e. The third-order valence-corrected chi connectivity index (χ3v) is 11.6. The zero-order chi connectivity index (χ0) is 34.9. The quantitative estimate of drug-likeness (QED) is 0.177. The number of nitrogen functional groups attached to an aromatic ring is 1. The number of anilines is 1. The van der Waals surface area contributed by atoms with Gasteiger partial charge in [0.1, 0.15) is 34.5 Å². The van der Waals surface area contributed by atoms with Crippen LogP contribution in [0.25, 0.3) is 11.2 Å². The van der Waals surface area contributed by atoms with Crippen molar-refractivity contribution in [3.63, 3.8) is 0 Å². The lowest BCUT2D eigenvalue weighted by Gasteiger charge is -2.37. The van der Waals surface area contributed by atoms with Crippen molar-refractivity contribution in [2.75, 3.05) is 26.5 Å². The molecule has 0 saturated carbocycles. The summed E-state index contributed by atoms with van der Waals surface area (Å²) in [6, 6.07) is 33.6. The molecule has 1 aliphatic heterocycles. The van der Waals surface area contributed by atoms with Crippen molar-refractivity contribution in [2.24, 2.45) is 0 Å². The fraction of sp³-hybridized carbons (Fsp3) is 0.237. The highest BCUT2D eigenvalue weighted by Crippen LogP contribution is 2.44. The number of hydrogen-bond acceptors (Lipinski definition) is 10. The first kappa shape index (κ1) is 33.4. The van der Waals surface area contributed by atoms with E-state index in [1.807, 2.05) is 91.9 Å². The Kier molecular flexibility index (Phi) is 9.10. The molecule has 1 saturated heterocycles. The van der Waals surface area contributed by atoms with Crippen molar-refractivity contribution in [1.82, 2.24) is 24.8 Å². The Morgan fingerprint density at radius 3 is 2.08 bits per heavy atom. The van der Waals surface area contributed by atoms with E-state index in [0.29, 0.717) is 16.9 Å². The first-order valence-electron chi connectivity index (χ1n) is 16.2. The summed E-state index contributed by atoms with van der Waals surface area (Å²) in [5.41, 5.74) is 9.31. The molecule has 12 heteroatoms. The minimum absolute atomic E-state index is 0.0932. The number of benzene rings is 4. The number of likely N-dealkylation sites (N-methyl/N-ethyl adjacent to an activating group) is 1. The molecule has 4 atom stereocenters. The van der Waals surface area contributed by atoms with E-state index in [2.05, 4.69) is 20.3 Å². The van der Waals surface area contributed by atoms with Crippen LogP contribution in [0.15, 0.2) is 127 Å². The Morgan fingerprint density at radius 2 is 1.48 bits per heavy atom. The SMILES string of the molecule is CN[C@@H]1[C@H](S(=O)(=O)c2ccc(C)cc2)[C@@H](COC(c2ccccc2)(c2ccccc2)c2ccc(OC)cc2)O[C@H]1n1cnc2c(N)ncnc21. The lowest BCUT2D eigenvalue weighted by molar-refractivity contribution is -0.0768. The zero-order valence-electron chi connectivity index (χ0n) is 27.9. The molecule has 7 rings (SSSR count). The smallest absolute Gasteiger partial charge is 0.185 e. The van der Waals surface area contributed by atoms with E-state index in [1.54, 1.807) is 49.3 Å². The number of hydrogen-bond donors (Lipinski definition) is 2. The van der Waals surface area contributed by atoms with Crippen molar-refractivity contribution in [2.45, 2.75) is 41.0 Å². The number of fused-ring (bicyclic) bond motifs is 1. The van der Waals surface area contributed by atoms with Gasteiger partial charge in [0, 0.05) is 0 Å². The van der Waals surface area contributed by atoms with Crippen LogP contribution in [0.1, 0.15) is 28.5 Å². The van der Waals surface area contributed by atoms with E-state index in [-0.39, 0.29) is 17.3 Å². The second-order valence-electron chi connectivity index (χ2n) is 12.2. The van der Waals surface area contributed by atoms with Crippen LogP contribution >= 0.6 is 0 Å². The summed E-state index contributed by atoms with van der Waals surface area (Å²) in [7, 11) is -0.652. The molecular weight excluding hydrogens is 653 g/mol. The Morgan fingerprint density at radius 1 is 0.860 bits per heavy atom. The average molecular weight is 691 g/mol. The largest absolute Gasteiger partial charge is 0.497 e. The van der Waals surface area contributed by atoms with E-state index in [1.165, 1.54) is 6.33 Å². The summed E-state index contributed by atoms with van der Waals surface area (Å²) in [5.74, 6) is 0.912. The third kappa shape index (κ3) is 5.79. The number of nitrogens with zero attached hydrogens (tertiary/aromatic N) is 4. The van der Waals surface area contributed by atoms with Crippen LogP contribution in [0.2, 0.25) is 0 Å². The number of aryl methyl sites for hydroxylation is 1. The maximum absolute atomic E-state index is 14.7. The molecule has 6 aromatic rings. The van der Waals surface area contributed by atoms with E-state index >= 15 is 0 Å². The van der Waals surface area contributed by atoms with E-state index < -0.39 is 39.1 Å². The van der Waals surface area contributed by atoms with Crippen LogP contribution in [0, 0.1) is 6.92 Å². The lowest BCUT2D eigenvalue weighted by atomic mass is 9.80. The lowest BCUT2D eigenvalue weighted by Crippen LogP contribution is -2.48. The first-order chi connectivity index (χ1) is 24.3. The van der Waals surface area contributed by atoms with Crippen molar-refractivity contribution >= 4 is 26.8 Å². The molecule has 256 valence electrons. The fourth-order valence-corrected chi connectivity index (χ4v) is 8.91. The minimum Gasteiger partial charge on any atom is -0.497 e. The van der Waals surface area contributed by atoms with E-state index in [0.717, 1.165) is 22.3 Å². The molecule has 0 aliphatic carbocycles. The van der Waals surface area contributed by atoms with E-state index in [9.17, 15) is 8.42 Å². The Bertz CT molecular complexity index is 2140. The topological polar surface area (TPSA) is 143 Å². The fourth-order valence-electron chi connectivity index (χ4n) is 6.88. The Labute approximate surface area is 291 Å². The van der Waals surface area contributed by atoms with Crippen LogP contribution in [0.5, 0.6) is 5.75 Å². The van der Waals surface area contributed by atoms with E-state index in [4.69, 9.17) is 19.9 Å². The average Bonchev–Trinajstić information content (AvgIpc) is 3.76. The summed E-state index contributed by atoms with van der Waals surface area (Å²) in [6.07, 6.45) is 1.13. The summed E-state index contributed by atoms with van der Waals surface area (Å²) in [5, 5.41) is 2.18. The van der Waals surface area contributed by atoms with Gasteiger partial charge in [-0.1, -0.05) is 90.5 Å². The number of nitrogens with one attached hydrogen (secondary N) is 1. The number of nitrogens with two attached hydrogens (primary N) is 1.